The summed E-state index contributed by atoms with van der Waals surface area (Å²) in [5, 5.41) is 2.94. The zero-order valence-corrected chi connectivity index (χ0v) is 13.1. The van der Waals surface area contributed by atoms with Crippen LogP contribution in [0.4, 0.5) is 0 Å². The Morgan fingerprint density at radius 1 is 1.20 bits per heavy atom. The lowest BCUT2D eigenvalue weighted by atomic mass is 9.87. The summed E-state index contributed by atoms with van der Waals surface area (Å²) in [6.07, 6.45) is 0.528. The molecule has 0 spiro atoms. The van der Waals surface area contributed by atoms with E-state index in [4.69, 9.17) is 10.5 Å². The molecule has 0 fully saturated rings. The maximum atomic E-state index is 11.4. The number of likely N-dealkylation sites (N-methyl/N-ethyl adjacent to an activating group) is 1. The summed E-state index contributed by atoms with van der Waals surface area (Å²) < 4.78 is 5.67. The van der Waals surface area contributed by atoms with E-state index < -0.39 is 5.54 Å². The molecule has 0 radical (unpaired) electrons. The molecule has 0 heterocycles. The van der Waals surface area contributed by atoms with Gasteiger partial charge in [-0.05, 0) is 37.1 Å². The van der Waals surface area contributed by atoms with E-state index in [2.05, 4.69) is 38.2 Å². The monoisotopic (exact) mass is 278 g/mol. The number of hydrogen-bond donors (Lipinski definition) is 2. The Bertz CT molecular complexity index is 449. The van der Waals surface area contributed by atoms with Crippen LogP contribution in [0.1, 0.15) is 39.7 Å². The third-order valence-electron chi connectivity index (χ3n) is 3.69. The SMILES string of the molecule is CNC(C)(CCOc1ccc(C(C)(C)C)cc1)C(N)=O. The molecular weight excluding hydrogens is 252 g/mol. The zero-order chi connectivity index (χ0) is 15.4. The van der Waals surface area contributed by atoms with Gasteiger partial charge in [-0.2, -0.15) is 0 Å². The van der Waals surface area contributed by atoms with E-state index in [-0.39, 0.29) is 11.3 Å². The van der Waals surface area contributed by atoms with Crippen molar-refractivity contribution in [1.29, 1.82) is 0 Å². The number of carbonyl (C=O) groups is 1. The van der Waals surface area contributed by atoms with Gasteiger partial charge in [0.1, 0.15) is 5.75 Å². The molecule has 20 heavy (non-hydrogen) atoms. The number of nitrogens with two attached hydrogens (primary N) is 1. The van der Waals surface area contributed by atoms with Gasteiger partial charge in [-0.3, -0.25) is 4.79 Å². The molecule has 1 amide bonds. The molecule has 4 nitrogen and oxygen atoms in total. The molecular formula is C16H26N2O2. The van der Waals surface area contributed by atoms with Crippen LogP contribution in [0.5, 0.6) is 5.75 Å². The molecule has 0 saturated heterocycles. The highest BCUT2D eigenvalue weighted by Crippen LogP contribution is 2.24. The van der Waals surface area contributed by atoms with Gasteiger partial charge in [0.2, 0.25) is 5.91 Å². The summed E-state index contributed by atoms with van der Waals surface area (Å²) in [5.41, 5.74) is 6.04. The molecule has 1 unspecified atom stereocenters. The normalized spacial score (nSPS) is 14.7. The van der Waals surface area contributed by atoms with Crippen LogP contribution >= 0.6 is 0 Å². The Labute approximate surface area is 121 Å². The van der Waals surface area contributed by atoms with Gasteiger partial charge in [0.15, 0.2) is 0 Å². The number of amides is 1. The maximum Gasteiger partial charge on any atom is 0.237 e. The summed E-state index contributed by atoms with van der Waals surface area (Å²) in [6, 6.07) is 8.06. The molecule has 0 saturated carbocycles. The quantitative estimate of drug-likeness (QED) is 0.838. The summed E-state index contributed by atoms with van der Waals surface area (Å²) in [7, 11) is 1.73. The second-order valence-corrected chi connectivity index (χ2v) is 6.32. The van der Waals surface area contributed by atoms with Gasteiger partial charge in [-0.15, -0.1) is 0 Å². The fourth-order valence-electron chi connectivity index (χ4n) is 1.80. The fraction of sp³-hybridized carbons (Fsp3) is 0.562. The number of benzene rings is 1. The Kier molecular flexibility index (Phi) is 5.17. The number of nitrogens with one attached hydrogen (secondary N) is 1. The first-order valence-corrected chi connectivity index (χ1v) is 6.91. The van der Waals surface area contributed by atoms with Crippen molar-refractivity contribution in [2.75, 3.05) is 13.7 Å². The van der Waals surface area contributed by atoms with E-state index in [1.54, 1.807) is 14.0 Å². The van der Waals surface area contributed by atoms with Gasteiger partial charge in [0.05, 0.1) is 12.1 Å². The molecule has 3 N–H and O–H groups in total. The van der Waals surface area contributed by atoms with Crippen molar-refractivity contribution < 1.29 is 9.53 Å². The highest BCUT2D eigenvalue weighted by atomic mass is 16.5. The van der Waals surface area contributed by atoms with Gasteiger partial charge in [-0.1, -0.05) is 32.9 Å². The lowest BCUT2D eigenvalue weighted by Crippen LogP contribution is -2.52. The Hall–Kier alpha value is -1.55. The Morgan fingerprint density at radius 3 is 2.15 bits per heavy atom. The number of rotatable bonds is 6. The van der Waals surface area contributed by atoms with Crippen molar-refractivity contribution in [2.45, 2.75) is 45.1 Å². The molecule has 0 aliphatic heterocycles. The van der Waals surface area contributed by atoms with Crippen LogP contribution in [0.2, 0.25) is 0 Å². The van der Waals surface area contributed by atoms with Crippen LogP contribution < -0.4 is 15.8 Å². The number of ether oxygens (including phenoxy) is 1. The average Bonchev–Trinajstić information content (AvgIpc) is 2.37. The summed E-state index contributed by atoms with van der Waals surface area (Å²) in [6.45, 7) is 8.74. The predicted molar refractivity (Wildman–Crippen MR) is 81.9 cm³/mol. The highest BCUT2D eigenvalue weighted by Gasteiger charge is 2.28. The van der Waals surface area contributed by atoms with Crippen LogP contribution in [0.25, 0.3) is 0 Å². The topological polar surface area (TPSA) is 64.3 Å². The molecule has 0 aliphatic carbocycles. The largest absolute Gasteiger partial charge is 0.494 e. The standard InChI is InChI=1S/C16H26N2O2/c1-15(2,3)12-6-8-13(9-7-12)20-11-10-16(4,18-5)14(17)19/h6-9,18H,10-11H2,1-5H3,(H2,17,19). The number of primary amides is 1. The number of hydrogen-bond acceptors (Lipinski definition) is 3. The molecule has 0 aromatic heterocycles. The Balaban J connectivity index is 2.57. The minimum absolute atomic E-state index is 0.134. The van der Waals surface area contributed by atoms with Crippen LogP contribution in [0.15, 0.2) is 24.3 Å². The van der Waals surface area contributed by atoms with Crippen LogP contribution in [-0.2, 0) is 10.2 Å². The van der Waals surface area contributed by atoms with Crippen LogP contribution in [0, 0.1) is 0 Å². The molecule has 112 valence electrons. The van der Waals surface area contributed by atoms with Crippen molar-refractivity contribution in [1.82, 2.24) is 5.32 Å². The molecule has 1 aromatic rings. The lowest BCUT2D eigenvalue weighted by molar-refractivity contribution is -0.124. The van der Waals surface area contributed by atoms with E-state index >= 15 is 0 Å². The second kappa shape index (κ2) is 6.27. The highest BCUT2D eigenvalue weighted by molar-refractivity contribution is 5.84. The summed E-state index contributed by atoms with van der Waals surface area (Å²) >= 11 is 0. The third-order valence-corrected chi connectivity index (χ3v) is 3.69. The summed E-state index contributed by atoms with van der Waals surface area (Å²) in [5.74, 6) is 0.438. The fourth-order valence-corrected chi connectivity index (χ4v) is 1.80. The molecule has 1 aromatic carbocycles. The molecule has 4 heteroatoms. The lowest BCUT2D eigenvalue weighted by Gasteiger charge is -2.25. The zero-order valence-electron chi connectivity index (χ0n) is 13.1. The molecule has 1 atom stereocenters. The van der Waals surface area contributed by atoms with Crippen molar-refractivity contribution >= 4 is 5.91 Å². The molecule has 1 rings (SSSR count). The predicted octanol–water partition coefficient (Wildman–Crippen LogP) is 2.22. The van der Waals surface area contributed by atoms with Crippen LogP contribution in [-0.4, -0.2) is 25.1 Å². The van der Waals surface area contributed by atoms with Gasteiger partial charge in [0.25, 0.3) is 0 Å². The van der Waals surface area contributed by atoms with Crippen molar-refractivity contribution in [3.63, 3.8) is 0 Å². The van der Waals surface area contributed by atoms with E-state index in [9.17, 15) is 4.79 Å². The van der Waals surface area contributed by atoms with E-state index in [0.717, 1.165) is 5.75 Å². The smallest absolute Gasteiger partial charge is 0.237 e. The first-order chi connectivity index (χ1) is 9.19. The summed E-state index contributed by atoms with van der Waals surface area (Å²) in [4.78, 5) is 11.4. The third kappa shape index (κ3) is 4.23. The minimum atomic E-state index is -0.731. The first-order valence-electron chi connectivity index (χ1n) is 6.91. The van der Waals surface area contributed by atoms with Gasteiger partial charge in [-0.25, -0.2) is 0 Å². The van der Waals surface area contributed by atoms with E-state index in [1.807, 2.05) is 12.1 Å². The Morgan fingerprint density at radius 2 is 1.75 bits per heavy atom. The molecule has 0 aliphatic rings. The second-order valence-electron chi connectivity index (χ2n) is 6.32. The minimum Gasteiger partial charge on any atom is -0.494 e. The average molecular weight is 278 g/mol. The van der Waals surface area contributed by atoms with Crippen molar-refractivity contribution in [2.24, 2.45) is 5.73 Å². The van der Waals surface area contributed by atoms with Gasteiger partial charge in [0, 0.05) is 6.42 Å². The van der Waals surface area contributed by atoms with Gasteiger partial charge < -0.3 is 15.8 Å². The number of carbonyl (C=O) groups excluding carboxylic acids is 1. The van der Waals surface area contributed by atoms with Gasteiger partial charge >= 0.3 is 0 Å². The van der Waals surface area contributed by atoms with E-state index in [0.29, 0.717) is 13.0 Å². The van der Waals surface area contributed by atoms with E-state index in [1.165, 1.54) is 5.56 Å². The first kappa shape index (κ1) is 16.5. The van der Waals surface area contributed by atoms with Crippen molar-refractivity contribution in [3.8, 4) is 5.75 Å². The van der Waals surface area contributed by atoms with Crippen molar-refractivity contribution in [3.05, 3.63) is 29.8 Å². The molecule has 0 bridgehead atoms. The maximum absolute atomic E-state index is 11.4. The van der Waals surface area contributed by atoms with Crippen LogP contribution in [0.3, 0.4) is 0 Å².